The van der Waals surface area contributed by atoms with Gasteiger partial charge in [0.25, 0.3) is 5.91 Å². The summed E-state index contributed by atoms with van der Waals surface area (Å²) in [5.41, 5.74) is 4.92. The van der Waals surface area contributed by atoms with Crippen molar-refractivity contribution in [2.24, 2.45) is 0 Å². The van der Waals surface area contributed by atoms with Crippen LogP contribution in [0.2, 0.25) is 0 Å². The van der Waals surface area contributed by atoms with Gasteiger partial charge in [-0.2, -0.15) is 5.10 Å². The molecule has 0 bridgehead atoms. The SMILES string of the molecule is Cc1cc(-n2nc3c(c2-n2cc[nH]c2=O)[C@H](C)N(C(=O)c2[nH]c4c([C@H]5CCOC(C)(C)C5)cccc4c2C2(c4noc(=O)[nH]4)CC2)CC3)cc(C)c1F. The number of benzene rings is 2. The number of carbonyl (C=O) groups excluding carboxylic acids is 1. The number of hydrogen-bond donors (Lipinski definition) is 3. The van der Waals surface area contributed by atoms with E-state index in [0.717, 1.165) is 46.1 Å². The number of nitrogens with one attached hydrogen (secondary N) is 3. The van der Waals surface area contributed by atoms with E-state index >= 15 is 4.79 Å². The van der Waals surface area contributed by atoms with Crippen LogP contribution in [0.4, 0.5) is 4.39 Å². The predicted octanol–water partition coefficient (Wildman–Crippen LogP) is 5.78. The number of aryl methyl sites for hydroxylation is 2. The van der Waals surface area contributed by atoms with Crippen molar-refractivity contribution in [3.8, 4) is 11.5 Å². The summed E-state index contributed by atoms with van der Waals surface area (Å²) >= 11 is 0. The molecule has 2 aliphatic heterocycles. The second kappa shape index (κ2) is 11.8. The normalized spacial score (nSPS) is 20.5. The van der Waals surface area contributed by atoms with Crippen molar-refractivity contribution in [2.75, 3.05) is 13.2 Å². The van der Waals surface area contributed by atoms with E-state index in [4.69, 9.17) is 14.4 Å². The molecule has 1 saturated carbocycles. The highest BCUT2D eigenvalue weighted by Crippen LogP contribution is 2.56. The van der Waals surface area contributed by atoms with Crippen LogP contribution in [0.25, 0.3) is 22.4 Å². The maximum absolute atomic E-state index is 15.2. The Bertz CT molecular complexity index is 2540. The lowest BCUT2D eigenvalue weighted by atomic mass is 9.82. The summed E-state index contributed by atoms with van der Waals surface area (Å²) in [4.78, 5) is 51.6. The number of H-pyrrole nitrogens is 3. The number of nitrogens with zero attached hydrogens (tertiary/aromatic N) is 5. The Kier molecular flexibility index (Phi) is 7.39. The Morgan fingerprint density at radius 3 is 2.53 bits per heavy atom. The summed E-state index contributed by atoms with van der Waals surface area (Å²) in [7, 11) is 0. The quantitative estimate of drug-likeness (QED) is 0.197. The van der Waals surface area contributed by atoms with E-state index in [0.29, 0.717) is 66.6 Å². The molecule has 9 rings (SSSR count). The van der Waals surface area contributed by atoms with Crippen LogP contribution < -0.4 is 11.4 Å². The third-order valence-corrected chi connectivity index (χ3v) is 11.6. The zero-order chi connectivity index (χ0) is 37.0. The molecular weight excluding hydrogens is 679 g/mol. The van der Waals surface area contributed by atoms with Crippen molar-refractivity contribution in [1.82, 2.24) is 39.4 Å². The molecule has 6 heterocycles. The molecule has 14 heteroatoms. The lowest BCUT2D eigenvalue weighted by Gasteiger charge is -2.36. The smallest absolute Gasteiger partial charge is 0.376 e. The fourth-order valence-electron chi connectivity index (χ4n) is 8.92. The number of carbonyl (C=O) groups is 1. The minimum Gasteiger partial charge on any atom is -0.376 e. The molecule has 2 fully saturated rings. The van der Waals surface area contributed by atoms with Crippen LogP contribution in [-0.4, -0.2) is 64.0 Å². The number of aromatic amines is 3. The van der Waals surface area contributed by atoms with E-state index in [9.17, 15) is 14.0 Å². The molecule has 53 heavy (non-hydrogen) atoms. The fraction of sp³-hybridized carbons (Fsp3) is 0.410. The second-order valence-electron chi connectivity index (χ2n) is 15.5. The first-order chi connectivity index (χ1) is 25.4. The third kappa shape index (κ3) is 5.17. The van der Waals surface area contributed by atoms with E-state index in [1.807, 2.05) is 24.0 Å². The lowest BCUT2D eigenvalue weighted by molar-refractivity contribution is -0.0591. The van der Waals surface area contributed by atoms with Gasteiger partial charge >= 0.3 is 11.4 Å². The number of amides is 1. The van der Waals surface area contributed by atoms with Crippen LogP contribution in [-0.2, 0) is 16.6 Å². The van der Waals surface area contributed by atoms with Crippen LogP contribution in [0.5, 0.6) is 0 Å². The monoisotopic (exact) mass is 720 g/mol. The average molecular weight is 721 g/mol. The fourth-order valence-corrected chi connectivity index (χ4v) is 8.92. The van der Waals surface area contributed by atoms with Gasteiger partial charge in [0.2, 0.25) is 0 Å². The van der Waals surface area contributed by atoms with Crippen LogP contribution in [0.3, 0.4) is 0 Å². The number of ether oxygens (including phenoxy) is 1. The zero-order valence-electron chi connectivity index (χ0n) is 30.3. The molecular formula is C39H41FN8O5. The standard InChI is InChI=1S/C39H41FN8O5/c1-20-17-24(18-21(2)30(20)40)48-33(47-15-13-41-36(47)50)28-22(3)46(14-9-27(28)44-48)34(49)32-29(39(11-12-39)35-43-37(51)53-45-35)26-8-6-7-25(31(26)42-32)23-10-16-52-38(4,5)19-23/h6-8,13,15,17-18,22-23,42H,9-12,14,16,19H2,1-5H3,(H,41,50)(H,43,45,51)/t22-,23-/m0/s1. The molecule has 2 aromatic carbocycles. The first kappa shape index (κ1) is 33.3. The molecule has 1 aliphatic carbocycles. The second-order valence-corrected chi connectivity index (χ2v) is 15.5. The topological polar surface area (TPSA) is 160 Å². The van der Waals surface area contributed by atoms with Crippen molar-refractivity contribution in [1.29, 1.82) is 0 Å². The highest BCUT2D eigenvalue weighted by atomic mass is 19.1. The number of halogens is 1. The van der Waals surface area contributed by atoms with Crippen LogP contribution in [0.15, 0.2) is 56.8 Å². The summed E-state index contributed by atoms with van der Waals surface area (Å²) in [5, 5.41) is 10.0. The summed E-state index contributed by atoms with van der Waals surface area (Å²) in [6, 6.07) is 9.13. The molecule has 4 aromatic heterocycles. The molecule has 2 atom stereocenters. The molecule has 3 aliphatic rings. The highest BCUT2D eigenvalue weighted by molar-refractivity contribution is 6.03. The summed E-state index contributed by atoms with van der Waals surface area (Å²) in [5.74, 6) is -0.0407. The largest absolute Gasteiger partial charge is 0.438 e. The third-order valence-electron chi connectivity index (χ3n) is 11.6. The molecule has 1 amide bonds. The Hall–Kier alpha value is -5.50. The van der Waals surface area contributed by atoms with E-state index < -0.39 is 17.2 Å². The number of aromatic nitrogens is 7. The number of fused-ring (bicyclic) bond motifs is 2. The minimum absolute atomic E-state index is 0.210. The maximum Gasteiger partial charge on any atom is 0.438 e. The molecule has 0 radical (unpaired) electrons. The number of rotatable bonds is 6. The van der Waals surface area contributed by atoms with Crippen LogP contribution in [0, 0.1) is 19.7 Å². The van der Waals surface area contributed by atoms with Crippen molar-refractivity contribution in [3.05, 3.63) is 115 Å². The van der Waals surface area contributed by atoms with Gasteiger partial charge in [-0.25, -0.2) is 18.7 Å². The Morgan fingerprint density at radius 2 is 1.87 bits per heavy atom. The predicted molar refractivity (Wildman–Crippen MR) is 194 cm³/mol. The first-order valence-corrected chi connectivity index (χ1v) is 18.2. The average Bonchev–Trinajstić information content (AvgIpc) is 3.46. The van der Waals surface area contributed by atoms with Gasteiger partial charge < -0.3 is 19.6 Å². The van der Waals surface area contributed by atoms with E-state index in [1.165, 1.54) is 4.57 Å². The molecule has 0 unspecified atom stereocenters. The molecule has 274 valence electrons. The number of para-hydroxylation sites is 1. The van der Waals surface area contributed by atoms with Gasteiger partial charge in [-0.05, 0) is 95.0 Å². The Morgan fingerprint density at radius 1 is 1.09 bits per heavy atom. The number of imidazole rings is 1. The highest BCUT2D eigenvalue weighted by Gasteiger charge is 2.54. The van der Waals surface area contributed by atoms with Gasteiger partial charge in [0, 0.05) is 54.0 Å². The van der Waals surface area contributed by atoms with Gasteiger partial charge in [0.05, 0.1) is 28.4 Å². The van der Waals surface area contributed by atoms with Crippen molar-refractivity contribution < 1.29 is 18.4 Å². The Labute approximate surface area is 303 Å². The molecule has 6 aromatic rings. The first-order valence-electron chi connectivity index (χ1n) is 18.2. The summed E-state index contributed by atoms with van der Waals surface area (Å²) in [6.07, 6.45) is 6.67. The lowest BCUT2D eigenvalue weighted by Crippen LogP contribution is -2.40. The zero-order valence-corrected chi connectivity index (χ0v) is 30.3. The van der Waals surface area contributed by atoms with Crippen molar-refractivity contribution >= 4 is 16.8 Å². The maximum atomic E-state index is 15.2. The van der Waals surface area contributed by atoms with Gasteiger partial charge in [0.1, 0.15) is 17.3 Å². The van der Waals surface area contributed by atoms with Crippen LogP contribution >= 0.6 is 0 Å². The van der Waals surface area contributed by atoms with Gasteiger partial charge in [-0.1, -0.05) is 23.4 Å². The van der Waals surface area contributed by atoms with E-state index in [1.54, 1.807) is 43.1 Å². The molecule has 13 nitrogen and oxygen atoms in total. The van der Waals surface area contributed by atoms with Crippen LogP contribution in [0.1, 0.15) is 108 Å². The Balaban J connectivity index is 1.20. The van der Waals surface area contributed by atoms with E-state index in [2.05, 4.69) is 40.0 Å². The van der Waals surface area contributed by atoms with Gasteiger partial charge in [0.15, 0.2) is 5.82 Å². The summed E-state index contributed by atoms with van der Waals surface area (Å²) in [6.45, 7) is 10.6. The minimum atomic E-state index is -0.708. The molecule has 1 saturated heterocycles. The van der Waals surface area contributed by atoms with Gasteiger partial charge in [-0.15, -0.1) is 0 Å². The van der Waals surface area contributed by atoms with Gasteiger partial charge in [-0.3, -0.25) is 18.9 Å². The summed E-state index contributed by atoms with van der Waals surface area (Å²) < 4.78 is 29.0. The van der Waals surface area contributed by atoms with Crippen molar-refractivity contribution in [3.63, 3.8) is 0 Å². The van der Waals surface area contributed by atoms with Crippen molar-refractivity contribution in [2.45, 2.75) is 89.7 Å². The molecule has 0 spiro atoms. The van der Waals surface area contributed by atoms with E-state index in [-0.39, 0.29) is 28.9 Å². The molecule has 3 N–H and O–H groups in total. The number of hydrogen-bond acceptors (Lipinski definition) is 7.